The smallest absolute Gasteiger partial charge is 0.335 e. The minimum absolute atomic E-state index is 0.166. The van der Waals surface area contributed by atoms with Crippen molar-refractivity contribution < 1.29 is 14.7 Å². The molecule has 1 heterocycles. The Morgan fingerprint density at radius 1 is 1.47 bits per heavy atom. The zero-order chi connectivity index (χ0) is 13.8. The molecule has 3 N–H and O–H groups in total. The van der Waals surface area contributed by atoms with Crippen LogP contribution in [-0.2, 0) is 6.54 Å². The van der Waals surface area contributed by atoms with E-state index in [2.05, 4.69) is 22.5 Å². The first-order valence-corrected chi connectivity index (χ1v) is 6.26. The number of carboxylic acids is 1. The zero-order valence-corrected chi connectivity index (χ0v) is 10.7. The summed E-state index contributed by atoms with van der Waals surface area (Å²) >= 11 is 0. The van der Waals surface area contributed by atoms with Gasteiger partial charge in [-0.05, 0) is 30.4 Å². The summed E-state index contributed by atoms with van der Waals surface area (Å²) in [7, 11) is 0. The van der Waals surface area contributed by atoms with E-state index in [1.807, 2.05) is 0 Å². The van der Waals surface area contributed by atoms with Crippen LogP contribution in [0.15, 0.2) is 18.3 Å². The molecule has 2 atom stereocenters. The van der Waals surface area contributed by atoms with E-state index in [0.717, 1.165) is 0 Å². The predicted octanol–water partition coefficient (Wildman–Crippen LogP) is 1.23. The van der Waals surface area contributed by atoms with Crippen molar-refractivity contribution in [2.75, 3.05) is 6.54 Å². The number of hydrogen-bond acceptors (Lipinski definition) is 3. The monoisotopic (exact) mass is 263 g/mol. The van der Waals surface area contributed by atoms with Gasteiger partial charge < -0.3 is 15.7 Å². The number of aromatic nitrogens is 1. The van der Waals surface area contributed by atoms with E-state index in [9.17, 15) is 9.59 Å². The van der Waals surface area contributed by atoms with Crippen LogP contribution in [0, 0.1) is 11.8 Å². The van der Waals surface area contributed by atoms with Crippen LogP contribution in [0.1, 0.15) is 29.4 Å². The summed E-state index contributed by atoms with van der Waals surface area (Å²) in [6, 6.07) is 2.62. The summed E-state index contributed by atoms with van der Waals surface area (Å²) in [5, 5.41) is 14.3. The summed E-state index contributed by atoms with van der Waals surface area (Å²) in [6.45, 7) is 3.06. The molecule has 19 heavy (non-hydrogen) atoms. The van der Waals surface area contributed by atoms with Crippen molar-refractivity contribution >= 4 is 12.0 Å². The third kappa shape index (κ3) is 3.94. The molecule has 2 rings (SSSR count). The number of carboxylic acid groups (broad SMARTS) is 1. The van der Waals surface area contributed by atoms with Crippen LogP contribution in [0.25, 0.3) is 0 Å². The van der Waals surface area contributed by atoms with Gasteiger partial charge in [-0.25, -0.2) is 9.59 Å². The van der Waals surface area contributed by atoms with Crippen LogP contribution in [0.2, 0.25) is 0 Å². The Balaban J connectivity index is 1.76. The molecular weight excluding hydrogens is 246 g/mol. The van der Waals surface area contributed by atoms with E-state index in [-0.39, 0.29) is 18.1 Å². The van der Waals surface area contributed by atoms with Gasteiger partial charge in [0.05, 0.1) is 17.8 Å². The fraction of sp³-hybridized carbons (Fsp3) is 0.462. The largest absolute Gasteiger partial charge is 0.478 e. The van der Waals surface area contributed by atoms with Crippen molar-refractivity contribution in [1.29, 1.82) is 0 Å². The molecule has 0 saturated heterocycles. The fourth-order valence-electron chi connectivity index (χ4n) is 1.85. The molecule has 1 aliphatic carbocycles. The van der Waals surface area contributed by atoms with E-state index in [0.29, 0.717) is 24.1 Å². The SMILES string of the molecule is CC1CC1CNC(=O)NCc1cc(C(=O)O)ccn1. The lowest BCUT2D eigenvalue weighted by molar-refractivity contribution is 0.0696. The minimum Gasteiger partial charge on any atom is -0.478 e. The second-order valence-electron chi connectivity index (χ2n) is 4.88. The van der Waals surface area contributed by atoms with Crippen molar-refractivity contribution in [2.24, 2.45) is 11.8 Å². The lowest BCUT2D eigenvalue weighted by Crippen LogP contribution is -2.36. The molecule has 0 spiro atoms. The Labute approximate surface area is 111 Å². The molecule has 0 bridgehead atoms. The molecule has 1 fully saturated rings. The van der Waals surface area contributed by atoms with Gasteiger partial charge in [0.2, 0.25) is 0 Å². The van der Waals surface area contributed by atoms with E-state index >= 15 is 0 Å². The van der Waals surface area contributed by atoms with Crippen LogP contribution in [0.3, 0.4) is 0 Å². The molecular formula is C13H17N3O3. The molecule has 1 aliphatic rings. The summed E-state index contributed by atoms with van der Waals surface area (Å²) < 4.78 is 0. The van der Waals surface area contributed by atoms with Crippen LogP contribution in [0.5, 0.6) is 0 Å². The second-order valence-corrected chi connectivity index (χ2v) is 4.88. The number of urea groups is 1. The molecule has 1 aromatic rings. The normalized spacial score (nSPS) is 20.7. The molecule has 1 saturated carbocycles. The van der Waals surface area contributed by atoms with Crippen molar-refractivity contribution in [1.82, 2.24) is 15.6 Å². The van der Waals surface area contributed by atoms with Gasteiger partial charge in [-0.3, -0.25) is 4.98 Å². The summed E-state index contributed by atoms with van der Waals surface area (Å²) in [6.07, 6.45) is 2.59. The van der Waals surface area contributed by atoms with Gasteiger partial charge >= 0.3 is 12.0 Å². The number of carbonyl (C=O) groups excluding carboxylic acids is 1. The molecule has 0 aliphatic heterocycles. The van der Waals surface area contributed by atoms with Crippen LogP contribution >= 0.6 is 0 Å². The summed E-state index contributed by atoms with van der Waals surface area (Å²) in [5.74, 6) is 0.296. The van der Waals surface area contributed by atoms with Gasteiger partial charge in [0, 0.05) is 12.7 Å². The molecule has 2 amide bonds. The van der Waals surface area contributed by atoms with Gasteiger partial charge in [-0.15, -0.1) is 0 Å². The molecule has 6 nitrogen and oxygen atoms in total. The Hall–Kier alpha value is -2.11. The highest BCUT2D eigenvalue weighted by Crippen LogP contribution is 2.36. The zero-order valence-electron chi connectivity index (χ0n) is 10.7. The molecule has 6 heteroatoms. The predicted molar refractivity (Wildman–Crippen MR) is 68.7 cm³/mol. The van der Waals surface area contributed by atoms with Gasteiger partial charge in [0.25, 0.3) is 0 Å². The van der Waals surface area contributed by atoms with E-state index < -0.39 is 5.97 Å². The average molecular weight is 263 g/mol. The number of nitrogens with one attached hydrogen (secondary N) is 2. The van der Waals surface area contributed by atoms with E-state index in [4.69, 9.17) is 5.11 Å². The highest BCUT2D eigenvalue weighted by atomic mass is 16.4. The maximum atomic E-state index is 11.5. The molecule has 2 unspecified atom stereocenters. The molecule has 0 radical (unpaired) electrons. The number of rotatable bonds is 5. The quantitative estimate of drug-likeness (QED) is 0.745. The lowest BCUT2D eigenvalue weighted by atomic mass is 10.2. The first-order valence-electron chi connectivity index (χ1n) is 6.26. The standard InChI is InChI=1S/C13H17N3O3/c1-8-4-10(8)6-15-13(19)16-7-11-5-9(12(17)18)2-3-14-11/h2-3,5,8,10H,4,6-7H2,1H3,(H,17,18)(H2,15,16,19). The summed E-state index contributed by atoms with van der Waals surface area (Å²) in [4.78, 5) is 26.3. The van der Waals surface area contributed by atoms with Crippen molar-refractivity contribution in [3.63, 3.8) is 0 Å². The van der Waals surface area contributed by atoms with Crippen molar-refractivity contribution in [3.05, 3.63) is 29.6 Å². The van der Waals surface area contributed by atoms with Gasteiger partial charge in [0.15, 0.2) is 0 Å². The second kappa shape index (κ2) is 5.69. The number of amides is 2. The average Bonchev–Trinajstić information content (AvgIpc) is 3.10. The van der Waals surface area contributed by atoms with E-state index in [1.165, 1.54) is 24.8 Å². The third-order valence-electron chi connectivity index (χ3n) is 3.29. The maximum Gasteiger partial charge on any atom is 0.335 e. The Kier molecular flexibility index (Phi) is 3.99. The highest BCUT2D eigenvalue weighted by molar-refractivity contribution is 5.87. The number of aromatic carboxylic acids is 1. The Bertz CT molecular complexity index is 490. The lowest BCUT2D eigenvalue weighted by Gasteiger charge is -2.07. The topological polar surface area (TPSA) is 91.3 Å². The van der Waals surface area contributed by atoms with Crippen LogP contribution in [0.4, 0.5) is 4.79 Å². The first-order chi connectivity index (χ1) is 9.06. The Morgan fingerprint density at radius 2 is 2.21 bits per heavy atom. The van der Waals surface area contributed by atoms with Crippen molar-refractivity contribution in [3.8, 4) is 0 Å². The van der Waals surface area contributed by atoms with Gasteiger partial charge in [-0.1, -0.05) is 6.92 Å². The number of hydrogen-bond donors (Lipinski definition) is 3. The van der Waals surface area contributed by atoms with Crippen LogP contribution < -0.4 is 10.6 Å². The minimum atomic E-state index is -1.00. The van der Waals surface area contributed by atoms with Crippen molar-refractivity contribution in [2.45, 2.75) is 19.9 Å². The van der Waals surface area contributed by atoms with Crippen LogP contribution in [-0.4, -0.2) is 28.6 Å². The number of nitrogens with zero attached hydrogens (tertiary/aromatic N) is 1. The fourth-order valence-corrected chi connectivity index (χ4v) is 1.85. The summed E-state index contributed by atoms with van der Waals surface area (Å²) in [5.41, 5.74) is 0.689. The third-order valence-corrected chi connectivity index (χ3v) is 3.29. The maximum absolute atomic E-state index is 11.5. The molecule has 0 aromatic carbocycles. The number of pyridine rings is 1. The molecule has 102 valence electrons. The highest BCUT2D eigenvalue weighted by Gasteiger charge is 2.32. The Morgan fingerprint density at radius 3 is 2.84 bits per heavy atom. The molecule has 1 aromatic heterocycles. The first kappa shape index (κ1) is 13.3. The van der Waals surface area contributed by atoms with Gasteiger partial charge in [0.1, 0.15) is 0 Å². The number of carbonyl (C=O) groups is 2. The van der Waals surface area contributed by atoms with Gasteiger partial charge in [-0.2, -0.15) is 0 Å². The van der Waals surface area contributed by atoms with E-state index in [1.54, 1.807) is 0 Å².